The highest BCUT2D eigenvalue weighted by atomic mass is 127. The maximum Gasteiger partial charge on any atom is 0.155 e. The Hall–Kier alpha value is -0.170. The third-order valence-electron chi connectivity index (χ3n) is 4.85. The van der Waals surface area contributed by atoms with Gasteiger partial charge in [0.25, 0.3) is 0 Å². The standard InChI is InChI=1S/C23H39IO3/c1-6-7-8-9-14-25-15-16-26-20(5)27-22-12-10-21(11-13-22)23(18(2)3)17-19(4)24/h10-12,18,20,22-23H,4,6-9,13-17H2,1-3,5H3. The highest BCUT2D eigenvalue weighted by Gasteiger charge is 2.21. The number of halogens is 1. The van der Waals surface area contributed by atoms with Crippen LogP contribution in [-0.2, 0) is 14.2 Å². The van der Waals surface area contributed by atoms with Crippen molar-refractivity contribution in [2.45, 2.75) is 78.6 Å². The van der Waals surface area contributed by atoms with Crippen molar-refractivity contribution < 1.29 is 14.2 Å². The second-order valence-corrected chi connectivity index (χ2v) is 9.18. The van der Waals surface area contributed by atoms with E-state index in [9.17, 15) is 0 Å². The molecule has 1 rings (SSSR count). The molecule has 0 spiro atoms. The SMILES string of the molecule is C=C(I)CC(C1=CCC(OC(C)OCCOCCCCCC)C=C1)C(C)C. The van der Waals surface area contributed by atoms with Crippen LogP contribution >= 0.6 is 22.6 Å². The molecule has 27 heavy (non-hydrogen) atoms. The minimum atomic E-state index is -0.215. The summed E-state index contributed by atoms with van der Waals surface area (Å²) in [6.45, 7) is 14.9. The fraction of sp³-hybridized carbons (Fsp3) is 0.739. The van der Waals surface area contributed by atoms with E-state index in [1.165, 1.54) is 28.4 Å². The van der Waals surface area contributed by atoms with Gasteiger partial charge >= 0.3 is 0 Å². The van der Waals surface area contributed by atoms with Gasteiger partial charge in [-0.05, 0) is 69.8 Å². The lowest BCUT2D eigenvalue weighted by molar-refractivity contribution is -0.155. The molecule has 0 bridgehead atoms. The molecule has 0 radical (unpaired) electrons. The Labute approximate surface area is 180 Å². The zero-order valence-corrected chi connectivity index (χ0v) is 19.9. The van der Waals surface area contributed by atoms with E-state index in [0.29, 0.717) is 25.0 Å². The maximum atomic E-state index is 5.99. The number of rotatable bonds is 15. The molecule has 0 saturated heterocycles. The lowest BCUT2D eigenvalue weighted by Gasteiger charge is -2.27. The van der Waals surface area contributed by atoms with Crippen molar-refractivity contribution >= 4 is 22.6 Å². The Morgan fingerprint density at radius 1 is 1.19 bits per heavy atom. The van der Waals surface area contributed by atoms with E-state index in [-0.39, 0.29) is 12.4 Å². The quantitative estimate of drug-likeness (QED) is 0.143. The first-order valence-electron chi connectivity index (χ1n) is 10.5. The zero-order valence-electron chi connectivity index (χ0n) is 17.7. The van der Waals surface area contributed by atoms with Crippen molar-refractivity contribution in [2.24, 2.45) is 11.8 Å². The van der Waals surface area contributed by atoms with Crippen LogP contribution in [0.3, 0.4) is 0 Å². The molecule has 0 N–H and O–H groups in total. The zero-order chi connectivity index (χ0) is 20.1. The van der Waals surface area contributed by atoms with E-state index < -0.39 is 0 Å². The van der Waals surface area contributed by atoms with Gasteiger partial charge in [0, 0.05) is 6.61 Å². The van der Waals surface area contributed by atoms with Crippen LogP contribution in [-0.4, -0.2) is 32.2 Å². The Morgan fingerprint density at radius 3 is 2.56 bits per heavy atom. The fourth-order valence-electron chi connectivity index (χ4n) is 3.26. The van der Waals surface area contributed by atoms with E-state index in [1.54, 1.807) is 0 Å². The second-order valence-electron chi connectivity index (χ2n) is 7.66. The molecular formula is C23H39IO3. The molecule has 0 heterocycles. The molecule has 0 amide bonds. The monoisotopic (exact) mass is 490 g/mol. The Morgan fingerprint density at radius 2 is 1.96 bits per heavy atom. The number of ether oxygens (including phenoxy) is 3. The first kappa shape index (κ1) is 24.9. The Bertz CT molecular complexity index is 470. The van der Waals surface area contributed by atoms with E-state index in [4.69, 9.17) is 14.2 Å². The van der Waals surface area contributed by atoms with Crippen LogP contribution in [0.1, 0.15) is 66.2 Å². The van der Waals surface area contributed by atoms with Crippen molar-refractivity contribution in [1.82, 2.24) is 0 Å². The molecule has 0 aliphatic heterocycles. The van der Waals surface area contributed by atoms with E-state index in [0.717, 1.165) is 25.9 Å². The van der Waals surface area contributed by atoms with Crippen molar-refractivity contribution in [3.63, 3.8) is 0 Å². The number of hydrogen-bond donors (Lipinski definition) is 0. The van der Waals surface area contributed by atoms with Crippen LogP contribution in [0.4, 0.5) is 0 Å². The molecule has 0 aromatic heterocycles. The van der Waals surface area contributed by atoms with Crippen LogP contribution in [0.15, 0.2) is 34.0 Å². The van der Waals surface area contributed by atoms with Gasteiger partial charge in [0.1, 0.15) is 0 Å². The fourth-order valence-corrected chi connectivity index (χ4v) is 3.74. The highest BCUT2D eigenvalue weighted by molar-refractivity contribution is 14.1. The van der Waals surface area contributed by atoms with Crippen LogP contribution in [0.5, 0.6) is 0 Å². The second kappa shape index (κ2) is 14.8. The smallest absolute Gasteiger partial charge is 0.155 e. The molecule has 1 aliphatic carbocycles. The average molecular weight is 490 g/mol. The molecule has 4 heteroatoms. The molecule has 1 aliphatic rings. The lowest BCUT2D eigenvalue weighted by atomic mass is 9.83. The van der Waals surface area contributed by atoms with Gasteiger partial charge in [-0.25, -0.2) is 0 Å². The van der Waals surface area contributed by atoms with Crippen LogP contribution in [0.2, 0.25) is 0 Å². The topological polar surface area (TPSA) is 27.7 Å². The van der Waals surface area contributed by atoms with Crippen molar-refractivity contribution in [3.05, 3.63) is 34.0 Å². The largest absolute Gasteiger partial charge is 0.379 e. The molecule has 0 aromatic carbocycles. The molecule has 0 saturated carbocycles. The Kier molecular flexibility index (Phi) is 13.6. The number of unbranched alkanes of at least 4 members (excludes halogenated alkanes) is 3. The molecule has 3 unspecified atom stereocenters. The van der Waals surface area contributed by atoms with Gasteiger partial charge in [-0.15, -0.1) is 0 Å². The van der Waals surface area contributed by atoms with Gasteiger partial charge in [0.2, 0.25) is 0 Å². The summed E-state index contributed by atoms with van der Waals surface area (Å²) < 4.78 is 18.5. The van der Waals surface area contributed by atoms with Crippen LogP contribution in [0.25, 0.3) is 0 Å². The normalized spacial score (nSPS) is 19.2. The Balaban J connectivity index is 2.22. The molecular weight excluding hydrogens is 451 g/mol. The van der Waals surface area contributed by atoms with Crippen molar-refractivity contribution in [1.29, 1.82) is 0 Å². The average Bonchev–Trinajstić information content (AvgIpc) is 2.62. The summed E-state index contributed by atoms with van der Waals surface area (Å²) in [6, 6.07) is 0. The molecule has 3 atom stereocenters. The van der Waals surface area contributed by atoms with Gasteiger partial charge in [-0.1, -0.05) is 64.8 Å². The minimum absolute atomic E-state index is 0.0920. The van der Waals surface area contributed by atoms with Gasteiger partial charge in [0.15, 0.2) is 6.29 Å². The molecule has 156 valence electrons. The van der Waals surface area contributed by atoms with Crippen molar-refractivity contribution in [2.75, 3.05) is 19.8 Å². The summed E-state index contributed by atoms with van der Waals surface area (Å²) in [5.74, 6) is 1.14. The predicted octanol–water partition coefficient (Wildman–Crippen LogP) is 6.83. The van der Waals surface area contributed by atoms with Crippen molar-refractivity contribution in [3.8, 4) is 0 Å². The summed E-state index contributed by atoms with van der Waals surface area (Å²) in [5, 5.41) is 0. The first-order chi connectivity index (χ1) is 12.9. The summed E-state index contributed by atoms with van der Waals surface area (Å²) in [4.78, 5) is 0. The van der Waals surface area contributed by atoms with Gasteiger partial charge in [-0.2, -0.15) is 0 Å². The molecule has 0 aromatic rings. The van der Waals surface area contributed by atoms with Crippen LogP contribution in [0, 0.1) is 11.8 Å². The minimum Gasteiger partial charge on any atom is -0.379 e. The predicted molar refractivity (Wildman–Crippen MR) is 123 cm³/mol. The van der Waals surface area contributed by atoms with E-state index in [2.05, 4.69) is 68.2 Å². The maximum absolute atomic E-state index is 5.99. The number of allylic oxidation sites excluding steroid dienone is 3. The van der Waals surface area contributed by atoms with Gasteiger partial charge < -0.3 is 14.2 Å². The van der Waals surface area contributed by atoms with E-state index >= 15 is 0 Å². The van der Waals surface area contributed by atoms with Gasteiger partial charge in [0.05, 0.1) is 19.3 Å². The molecule has 3 nitrogen and oxygen atoms in total. The van der Waals surface area contributed by atoms with Crippen LogP contribution < -0.4 is 0 Å². The third kappa shape index (κ3) is 11.4. The summed E-state index contributed by atoms with van der Waals surface area (Å²) in [6.07, 6.45) is 13.5. The van der Waals surface area contributed by atoms with E-state index in [1.807, 2.05) is 6.92 Å². The third-order valence-corrected chi connectivity index (χ3v) is 5.29. The highest BCUT2D eigenvalue weighted by Crippen LogP contribution is 2.32. The first-order valence-corrected chi connectivity index (χ1v) is 11.6. The summed E-state index contributed by atoms with van der Waals surface area (Å²) in [7, 11) is 0. The number of hydrogen-bond acceptors (Lipinski definition) is 3. The summed E-state index contributed by atoms with van der Waals surface area (Å²) in [5.41, 5.74) is 1.41. The summed E-state index contributed by atoms with van der Waals surface area (Å²) >= 11 is 2.34. The lowest BCUT2D eigenvalue weighted by Crippen LogP contribution is -2.24. The van der Waals surface area contributed by atoms with Gasteiger partial charge in [-0.3, -0.25) is 0 Å². The molecule has 0 fully saturated rings.